The van der Waals surface area contributed by atoms with Gasteiger partial charge in [0.05, 0.1) is 26.0 Å². The molecule has 1 aromatic heterocycles. The Morgan fingerprint density at radius 2 is 1.82 bits per heavy atom. The minimum atomic E-state index is 0.295. The average molecular weight is 317 g/mol. The van der Waals surface area contributed by atoms with Crippen LogP contribution in [0.1, 0.15) is 16.7 Å². The largest absolute Gasteiger partial charge is 0.497 e. The highest BCUT2D eigenvalue weighted by atomic mass is 35.5. The van der Waals surface area contributed by atoms with Crippen molar-refractivity contribution in [3.8, 4) is 23.3 Å². The van der Waals surface area contributed by atoms with E-state index in [1.54, 1.807) is 38.5 Å². The molecule has 2 rings (SSSR count). The van der Waals surface area contributed by atoms with Gasteiger partial charge in [0.25, 0.3) is 0 Å². The molecule has 0 saturated carbocycles. The van der Waals surface area contributed by atoms with Crippen molar-refractivity contribution in [3.05, 3.63) is 52.3 Å². The van der Waals surface area contributed by atoms with Gasteiger partial charge in [0, 0.05) is 23.4 Å². The molecule has 1 heterocycles. The third-order valence-corrected chi connectivity index (χ3v) is 3.00. The first-order valence-electron chi connectivity index (χ1n) is 6.24. The summed E-state index contributed by atoms with van der Waals surface area (Å²) < 4.78 is 10.4. The Balaban J connectivity index is 2.42. The van der Waals surface area contributed by atoms with Gasteiger partial charge < -0.3 is 14.7 Å². The van der Waals surface area contributed by atoms with Gasteiger partial charge >= 0.3 is 0 Å². The third-order valence-electron chi connectivity index (χ3n) is 2.79. The lowest BCUT2D eigenvalue weighted by Gasteiger charge is -2.04. The molecule has 0 spiro atoms. The maximum atomic E-state index is 8.68. The second-order valence-electron chi connectivity index (χ2n) is 4.19. The summed E-state index contributed by atoms with van der Waals surface area (Å²) in [5.74, 6) is 7.25. The summed E-state index contributed by atoms with van der Waals surface area (Å²) in [5.41, 5.74) is 1.88. The molecule has 0 aliphatic carbocycles. The van der Waals surface area contributed by atoms with Crippen LogP contribution >= 0.6 is 11.6 Å². The Labute approximate surface area is 133 Å². The van der Waals surface area contributed by atoms with Crippen LogP contribution in [0.15, 0.2) is 35.6 Å². The van der Waals surface area contributed by atoms with Gasteiger partial charge in [-0.3, -0.25) is 0 Å². The number of ether oxygens (including phenoxy) is 2. The lowest BCUT2D eigenvalue weighted by molar-refractivity contribution is 0.322. The first-order valence-corrected chi connectivity index (χ1v) is 6.62. The standard InChI is InChI=1S/C16H13ClN2O3/c1-21-14-5-11(6-15(8-14)22-2)3-4-12-9-18-16(17)7-13(12)10-19-20/h5-10,20H,1-2H3. The van der Waals surface area contributed by atoms with Crippen molar-refractivity contribution in [2.24, 2.45) is 5.16 Å². The lowest BCUT2D eigenvalue weighted by Crippen LogP contribution is -1.91. The molecule has 0 aliphatic heterocycles. The summed E-state index contributed by atoms with van der Waals surface area (Å²) in [5, 5.41) is 12.0. The summed E-state index contributed by atoms with van der Waals surface area (Å²) in [7, 11) is 3.15. The topological polar surface area (TPSA) is 63.9 Å². The average Bonchev–Trinajstić information content (AvgIpc) is 2.54. The van der Waals surface area contributed by atoms with Crippen LogP contribution in [0.2, 0.25) is 5.15 Å². The lowest BCUT2D eigenvalue weighted by atomic mass is 10.1. The van der Waals surface area contributed by atoms with Gasteiger partial charge in [0.15, 0.2) is 0 Å². The molecule has 112 valence electrons. The van der Waals surface area contributed by atoms with Gasteiger partial charge in [0.2, 0.25) is 0 Å². The Kier molecular flexibility index (Phi) is 5.23. The molecule has 5 nitrogen and oxygen atoms in total. The monoisotopic (exact) mass is 316 g/mol. The highest BCUT2D eigenvalue weighted by molar-refractivity contribution is 6.29. The summed E-state index contributed by atoms with van der Waals surface area (Å²) in [6.45, 7) is 0. The van der Waals surface area contributed by atoms with Crippen molar-refractivity contribution >= 4 is 17.8 Å². The number of nitrogens with zero attached hydrogens (tertiary/aromatic N) is 2. The fraction of sp³-hybridized carbons (Fsp3) is 0.125. The normalized spacial score (nSPS) is 10.1. The van der Waals surface area contributed by atoms with E-state index in [1.807, 2.05) is 0 Å². The summed E-state index contributed by atoms with van der Waals surface area (Å²) in [6.07, 6.45) is 2.77. The highest BCUT2D eigenvalue weighted by Gasteiger charge is 2.02. The van der Waals surface area contributed by atoms with Gasteiger partial charge in [-0.2, -0.15) is 0 Å². The smallest absolute Gasteiger partial charge is 0.129 e. The van der Waals surface area contributed by atoms with E-state index in [9.17, 15) is 0 Å². The zero-order valence-electron chi connectivity index (χ0n) is 12.0. The fourth-order valence-corrected chi connectivity index (χ4v) is 1.90. The minimum Gasteiger partial charge on any atom is -0.497 e. The number of hydrogen-bond donors (Lipinski definition) is 1. The second-order valence-corrected chi connectivity index (χ2v) is 4.58. The molecule has 0 fully saturated rings. The van der Waals surface area contributed by atoms with E-state index in [2.05, 4.69) is 22.0 Å². The molecule has 1 aromatic carbocycles. The van der Waals surface area contributed by atoms with Crippen LogP contribution in [0.25, 0.3) is 0 Å². The van der Waals surface area contributed by atoms with Crippen molar-refractivity contribution in [3.63, 3.8) is 0 Å². The molecule has 0 atom stereocenters. The van der Waals surface area contributed by atoms with E-state index in [-0.39, 0.29) is 0 Å². The van der Waals surface area contributed by atoms with E-state index in [1.165, 1.54) is 12.4 Å². The van der Waals surface area contributed by atoms with E-state index in [0.717, 1.165) is 5.56 Å². The molecule has 0 saturated heterocycles. The Bertz CT molecular complexity index is 741. The van der Waals surface area contributed by atoms with Crippen molar-refractivity contribution < 1.29 is 14.7 Å². The molecule has 1 N–H and O–H groups in total. The Morgan fingerprint density at radius 1 is 1.14 bits per heavy atom. The molecule has 22 heavy (non-hydrogen) atoms. The molecule has 0 unspecified atom stereocenters. The van der Waals surface area contributed by atoms with Gasteiger partial charge in [-0.05, 0) is 18.2 Å². The van der Waals surface area contributed by atoms with Crippen LogP contribution in [-0.4, -0.2) is 30.6 Å². The maximum absolute atomic E-state index is 8.68. The third kappa shape index (κ3) is 3.90. The Morgan fingerprint density at radius 3 is 2.41 bits per heavy atom. The molecule has 0 amide bonds. The van der Waals surface area contributed by atoms with Crippen LogP contribution in [0.5, 0.6) is 11.5 Å². The zero-order chi connectivity index (χ0) is 15.9. The van der Waals surface area contributed by atoms with Crippen LogP contribution < -0.4 is 9.47 Å². The van der Waals surface area contributed by atoms with E-state index in [4.69, 9.17) is 26.3 Å². The SMILES string of the molecule is COc1cc(C#Cc2cnc(Cl)cc2C=NO)cc(OC)c1. The fourth-order valence-electron chi connectivity index (χ4n) is 1.74. The summed E-state index contributed by atoms with van der Waals surface area (Å²) >= 11 is 5.81. The van der Waals surface area contributed by atoms with Crippen molar-refractivity contribution in [1.29, 1.82) is 0 Å². The molecule has 0 aliphatic rings. The van der Waals surface area contributed by atoms with E-state index >= 15 is 0 Å². The van der Waals surface area contributed by atoms with Crippen molar-refractivity contribution in [2.45, 2.75) is 0 Å². The van der Waals surface area contributed by atoms with Crippen molar-refractivity contribution in [2.75, 3.05) is 14.2 Å². The molecular formula is C16H13ClN2O3. The van der Waals surface area contributed by atoms with Gasteiger partial charge in [-0.15, -0.1) is 0 Å². The van der Waals surface area contributed by atoms with Crippen LogP contribution in [0, 0.1) is 11.8 Å². The summed E-state index contributed by atoms with van der Waals surface area (Å²) in [4.78, 5) is 3.97. The number of rotatable bonds is 3. The highest BCUT2D eigenvalue weighted by Crippen LogP contribution is 2.22. The number of hydrogen-bond acceptors (Lipinski definition) is 5. The number of methoxy groups -OCH3 is 2. The first kappa shape index (κ1) is 15.7. The second kappa shape index (κ2) is 7.34. The van der Waals surface area contributed by atoms with Crippen LogP contribution in [0.4, 0.5) is 0 Å². The number of pyridine rings is 1. The summed E-state index contributed by atoms with van der Waals surface area (Å²) in [6, 6.07) is 6.91. The first-order chi connectivity index (χ1) is 10.7. The predicted molar refractivity (Wildman–Crippen MR) is 84.2 cm³/mol. The molecule has 0 bridgehead atoms. The Hall–Kier alpha value is -2.71. The predicted octanol–water partition coefficient (Wildman–Crippen LogP) is 2.96. The number of aromatic nitrogens is 1. The number of halogens is 1. The quantitative estimate of drug-likeness (QED) is 0.311. The zero-order valence-corrected chi connectivity index (χ0v) is 12.8. The van der Waals surface area contributed by atoms with E-state index < -0.39 is 0 Å². The molecule has 2 aromatic rings. The van der Waals surface area contributed by atoms with Crippen molar-refractivity contribution in [1.82, 2.24) is 4.98 Å². The van der Waals surface area contributed by atoms with Crippen LogP contribution in [0.3, 0.4) is 0 Å². The van der Waals surface area contributed by atoms with Gasteiger partial charge in [-0.1, -0.05) is 28.6 Å². The molecule has 0 radical (unpaired) electrons. The number of oxime groups is 1. The van der Waals surface area contributed by atoms with Crippen LogP contribution in [-0.2, 0) is 0 Å². The number of benzene rings is 1. The van der Waals surface area contributed by atoms with Gasteiger partial charge in [-0.25, -0.2) is 4.98 Å². The van der Waals surface area contributed by atoms with E-state index in [0.29, 0.717) is 27.8 Å². The minimum absolute atomic E-state index is 0.295. The maximum Gasteiger partial charge on any atom is 0.129 e. The molecule has 6 heteroatoms. The molecular weight excluding hydrogens is 304 g/mol. The van der Waals surface area contributed by atoms with Gasteiger partial charge in [0.1, 0.15) is 16.7 Å².